The molecule has 4 heteroatoms. The van der Waals surface area contributed by atoms with Crippen molar-refractivity contribution in [3.63, 3.8) is 0 Å². The first-order valence-corrected chi connectivity index (χ1v) is 4.72. The van der Waals surface area contributed by atoms with Crippen LogP contribution in [0.1, 0.15) is 25.5 Å². The van der Waals surface area contributed by atoms with Gasteiger partial charge in [-0.2, -0.15) is 5.10 Å². The van der Waals surface area contributed by atoms with Gasteiger partial charge in [-0.1, -0.05) is 13.8 Å². The van der Waals surface area contributed by atoms with Crippen LogP contribution in [0.4, 0.5) is 0 Å². The number of nitrogens with zero attached hydrogens (tertiary/aromatic N) is 3. The molecule has 0 unspecified atom stereocenters. The maximum Gasteiger partial charge on any atom is 0.151 e. The van der Waals surface area contributed by atoms with Gasteiger partial charge in [0.1, 0.15) is 5.82 Å². The Balaban J connectivity index is 2.70. The molecule has 2 N–H and O–H groups in total. The minimum absolute atomic E-state index is 0.605. The molecule has 0 atom stereocenters. The normalized spacial score (nSPS) is 11.2. The van der Waals surface area contributed by atoms with Crippen LogP contribution in [0.25, 0.3) is 0 Å². The number of hydrogen-bond acceptors (Lipinski definition) is 3. The molecule has 0 saturated carbocycles. The molecule has 0 spiro atoms. The second-order valence-corrected chi connectivity index (χ2v) is 3.70. The molecule has 0 aliphatic carbocycles. The number of rotatable bonds is 4. The quantitative estimate of drug-likeness (QED) is 0.738. The van der Waals surface area contributed by atoms with E-state index >= 15 is 0 Å². The third-order valence-corrected chi connectivity index (χ3v) is 1.86. The summed E-state index contributed by atoms with van der Waals surface area (Å²) in [6.07, 6.45) is 1.75. The molecule has 1 rings (SSSR count). The van der Waals surface area contributed by atoms with Crippen LogP contribution in [0.5, 0.6) is 0 Å². The second-order valence-electron chi connectivity index (χ2n) is 3.70. The zero-order valence-electron chi connectivity index (χ0n) is 8.62. The highest BCUT2D eigenvalue weighted by molar-refractivity contribution is 4.93. The van der Waals surface area contributed by atoms with Gasteiger partial charge in [-0.15, -0.1) is 0 Å². The second kappa shape index (κ2) is 4.37. The van der Waals surface area contributed by atoms with Crippen molar-refractivity contribution in [3.05, 3.63) is 11.6 Å². The van der Waals surface area contributed by atoms with Gasteiger partial charge in [-0.25, -0.2) is 4.98 Å². The lowest BCUT2D eigenvalue weighted by atomic mass is 10.1. The summed E-state index contributed by atoms with van der Waals surface area (Å²) in [6, 6.07) is 0. The Kier molecular flexibility index (Phi) is 3.42. The molecule has 13 heavy (non-hydrogen) atoms. The predicted molar refractivity (Wildman–Crippen MR) is 52.3 cm³/mol. The van der Waals surface area contributed by atoms with Gasteiger partial charge >= 0.3 is 0 Å². The van der Waals surface area contributed by atoms with E-state index in [-0.39, 0.29) is 0 Å². The fourth-order valence-electron chi connectivity index (χ4n) is 1.27. The lowest BCUT2D eigenvalue weighted by Gasteiger charge is -1.96. The first-order chi connectivity index (χ1) is 6.13. The van der Waals surface area contributed by atoms with Gasteiger partial charge in [-0.05, 0) is 12.5 Å². The average molecular weight is 182 g/mol. The van der Waals surface area contributed by atoms with E-state index < -0.39 is 0 Å². The SMILES string of the molecule is CC(C)Cc1nc(CCN)n(C)n1. The van der Waals surface area contributed by atoms with Gasteiger partial charge < -0.3 is 5.73 Å². The van der Waals surface area contributed by atoms with E-state index in [2.05, 4.69) is 23.9 Å². The monoisotopic (exact) mass is 182 g/mol. The van der Waals surface area contributed by atoms with Gasteiger partial charge in [0.05, 0.1) is 0 Å². The van der Waals surface area contributed by atoms with Crippen LogP contribution in [0.3, 0.4) is 0 Å². The Bertz CT molecular complexity index is 265. The number of hydrogen-bond donors (Lipinski definition) is 1. The molecule has 1 heterocycles. The van der Waals surface area contributed by atoms with Gasteiger partial charge in [0, 0.05) is 19.9 Å². The number of aromatic nitrogens is 3. The van der Waals surface area contributed by atoms with E-state index in [9.17, 15) is 0 Å². The van der Waals surface area contributed by atoms with Crippen LogP contribution in [0, 0.1) is 5.92 Å². The smallest absolute Gasteiger partial charge is 0.151 e. The van der Waals surface area contributed by atoms with E-state index in [1.54, 1.807) is 0 Å². The largest absolute Gasteiger partial charge is 0.330 e. The van der Waals surface area contributed by atoms with E-state index in [0.29, 0.717) is 12.5 Å². The van der Waals surface area contributed by atoms with Crippen LogP contribution in [0.2, 0.25) is 0 Å². The average Bonchev–Trinajstić information content (AvgIpc) is 2.31. The summed E-state index contributed by atoms with van der Waals surface area (Å²) in [5.74, 6) is 2.52. The number of aryl methyl sites for hydroxylation is 1. The summed E-state index contributed by atoms with van der Waals surface area (Å²) in [4.78, 5) is 4.41. The Morgan fingerprint density at radius 2 is 2.15 bits per heavy atom. The minimum atomic E-state index is 0.605. The molecule has 1 aromatic rings. The summed E-state index contributed by atoms with van der Waals surface area (Å²) < 4.78 is 1.82. The Labute approximate surface area is 79.2 Å². The highest BCUT2D eigenvalue weighted by Crippen LogP contribution is 2.04. The van der Waals surface area contributed by atoms with E-state index in [1.165, 1.54) is 0 Å². The van der Waals surface area contributed by atoms with Crippen molar-refractivity contribution in [1.29, 1.82) is 0 Å². The molecule has 0 aliphatic rings. The molecule has 74 valence electrons. The summed E-state index contributed by atoms with van der Waals surface area (Å²) in [5, 5.41) is 4.32. The third-order valence-electron chi connectivity index (χ3n) is 1.86. The van der Waals surface area contributed by atoms with Crippen LogP contribution in [-0.4, -0.2) is 21.3 Å². The maximum atomic E-state index is 5.46. The molecular weight excluding hydrogens is 164 g/mol. The van der Waals surface area contributed by atoms with Crippen molar-refractivity contribution in [3.8, 4) is 0 Å². The maximum absolute atomic E-state index is 5.46. The van der Waals surface area contributed by atoms with Gasteiger partial charge in [0.15, 0.2) is 5.82 Å². The lowest BCUT2D eigenvalue weighted by Crippen LogP contribution is -2.08. The van der Waals surface area contributed by atoms with E-state index in [0.717, 1.165) is 24.5 Å². The molecule has 0 bridgehead atoms. The Morgan fingerprint density at radius 3 is 2.69 bits per heavy atom. The zero-order valence-corrected chi connectivity index (χ0v) is 8.62. The van der Waals surface area contributed by atoms with E-state index in [4.69, 9.17) is 5.73 Å². The molecular formula is C9H18N4. The summed E-state index contributed by atoms with van der Waals surface area (Å²) in [7, 11) is 1.92. The minimum Gasteiger partial charge on any atom is -0.330 e. The molecule has 4 nitrogen and oxygen atoms in total. The van der Waals surface area contributed by atoms with Crippen LogP contribution in [-0.2, 0) is 19.9 Å². The lowest BCUT2D eigenvalue weighted by molar-refractivity contribution is 0.611. The fraction of sp³-hybridized carbons (Fsp3) is 0.778. The van der Waals surface area contributed by atoms with Gasteiger partial charge in [-0.3, -0.25) is 4.68 Å². The molecule has 0 radical (unpaired) electrons. The molecule has 0 fully saturated rings. The zero-order chi connectivity index (χ0) is 9.84. The first kappa shape index (κ1) is 10.2. The summed E-state index contributed by atoms with van der Waals surface area (Å²) >= 11 is 0. The van der Waals surface area contributed by atoms with Crippen molar-refractivity contribution in [2.75, 3.05) is 6.54 Å². The van der Waals surface area contributed by atoms with Crippen molar-refractivity contribution < 1.29 is 0 Å². The van der Waals surface area contributed by atoms with Gasteiger partial charge in [0.2, 0.25) is 0 Å². The predicted octanol–water partition coefficient (Wildman–Crippen LogP) is 0.515. The topological polar surface area (TPSA) is 56.7 Å². The standard InChI is InChI=1S/C9H18N4/c1-7(2)6-8-11-9(4-5-10)13(3)12-8/h7H,4-6,10H2,1-3H3. The van der Waals surface area contributed by atoms with Crippen molar-refractivity contribution in [2.45, 2.75) is 26.7 Å². The summed E-state index contributed by atoms with van der Waals surface area (Å²) in [5.41, 5.74) is 5.46. The fourth-order valence-corrected chi connectivity index (χ4v) is 1.27. The highest BCUT2D eigenvalue weighted by Gasteiger charge is 2.07. The van der Waals surface area contributed by atoms with Crippen LogP contribution in [0.15, 0.2) is 0 Å². The Hall–Kier alpha value is -0.900. The summed E-state index contributed by atoms with van der Waals surface area (Å²) in [6.45, 7) is 4.96. The van der Waals surface area contributed by atoms with Crippen LogP contribution >= 0.6 is 0 Å². The molecule has 1 aromatic heterocycles. The van der Waals surface area contributed by atoms with E-state index in [1.807, 2.05) is 11.7 Å². The third kappa shape index (κ3) is 2.81. The first-order valence-electron chi connectivity index (χ1n) is 4.72. The molecule has 0 aromatic carbocycles. The highest BCUT2D eigenvalue weighted by atomic mass is 15.3. The Morgan fingerprint density at radius 1 is 1.46 bits per heavy atom. The van der Waals surface area contributed by atoms with Crippen LogP contribution < -0.4 is 5.73 Å². The van der Waals surface area contributed by atoms with Crippen molar-refractivity contribution in [1.82, 2.24) is 14.8 Å². The molecule has 0 saturated heterocycles. The van der Waals surface area contributed by atoms with Crippen molar-refractivity contribution in [2.24, 2.45) is 18.7 Å². The molecule has 0 aliphatic heterocycles. The van der Waals surface area contributed by atoms with Crippen molar-refractivity contribution >= 4 is 0 Å². The number of nitrogens with two attached hydrogens (primary N) is 1. The van der Waals surface area contributed by atoms with Gasteiger partial charge in [0.25, 0.3) is 0 Å². The molecule has 0 amide bonds.